The maximum atomic E-state index is 12.6. The first-order chi connectivity index (χ1) is 13.1. The fourth-order valence-electron chi connectivity index (χ4n) is 2.49. The number of anilines is 1. The lowest BCUT2D eigenvalue weighted by molar-refractivity contribution is 0.0599. The average Bonchev–Trinajstić information content (AvgIpc) is 3.21. The maximum absolute atomic E-state index is 12.6. The molecule has 1 heterocycles. The quantitative estimate of drug-likeness (QED) is 0.650. The molecule has 0 fully saturated rings. The van der Waals surface area contributed by atoms with Crippen molar-refractivity contribution in [2.45, 2.75) is 13.5 Å². The third kappa shape index (κ3) is 4.51. The van der Waals surface area contributed by atoms with Crippen LogP contribution in [0, 0.1) is 6.92 Å². The van der Waals surface area contributed by atoms with Crippen molar-refractivity contribution in [3.05, 3.63) is 75.7 Å². The highest BCUT2D eigenvalue weighted by Gasteiger charge is 2.14. The fourth-order valence-corrected chi connectivity index (χ4v) is 3.03. The van der Waals surface area contributed by atoms with Gasteiger partial charge in [-0.05, 0) is 42.8 Å². The minimum Gasteiger partial charge on any atom is -0.487 e. The van der Waals surface area contributed by atoms with Crippen LogP contribution in [0.2, 0.25) is 0 Å². The number of carbonyl (C=O) groups is 2. The number of nitrogens with zero attached hydrogens (tertiary/aromatic N) is 1. The molecular weight excluding hydrogens is 364 g/mol. The van der Waals surface area contributed by atoms with E-state index in [0.717, 1.165) is 5.69 Å². The summed E-state index contributed by atoms with van der Waals surface area (Å²) in [6, 6.07) is 12.0. The molecular formula is C20H18N2O4S. The molecule has 0 aliphatic carbocycles. The number of thiazole rings is 1. The van der Waals surface area contributed by atoms with Crippen molar-refractivity contribution in [3.63, 3.8) is 0 Å². The molecule has 6 nitrogen and oxygen atoms in total. The van der Waals surface area contributed by atoms with Gasteiger partial charge in [-0.2, -0.15) is 0 Å². The van der Waals surface area contributed by atoms with E-state index in [2.05, 4.69) is 10.3 Å². The molecule has 0 saturated heterocycles. The number of methoxy groups -OCH3 is 1. The maximum Gasteiger partial charge on any atom is 0.338 e. The number of ether oxygens (including phenoxy) is 2. The van der Waals surface area contributed by atoms with Gasteiger partial charge >= 0.3 is 5.97 Å². The van der Waals surface area contributed by atoms with Gasteiger partial charge in [-0.1, -0.05) is 12.1 Å². The molecule has 0 radical (unpaired) electrons. The number of hydrogen-bond acceptors (Lipinski definition) is 6. The molecule has 3 rings (SSSR count). The SMILES string of the molecule is COC(=O)c1cccc(NC(=O)c2cccc(OCc3cscn3)c2)c1C. The van der Waals surface area contributed by atoms with E-state index < -0.39 is 5.97 Å². The Morgan fingerprint density at radius 2 is 2.00 bits per heavy atom. The topological polar surface area (TPSA) is 77.5 Å². The molecule has 1 amide bonds. The third-order valence-corrected chi connectivity index (χ3v) is 4.59. The van der Waals surface area contributed by atoms with Gasteiger partial charge in [0.1, 0.15) is 12.4 Å². The van der Waals surface area contributed by atoms with Crippen LogP contribution in [0.15, 0.2) is 53.4 Å². The van der Waals surface area contributed by atoms with Gasteiger partial charge < -0.3 is 14.8 Å². The zero-order valence-corrected chi connectivity index (χ0v) is 15.7. The Bertz CT molecular complexity index is 954. The van der Waals surface area contributed by atoms with Crippen LogP contribution in [0.3, 0.4) is 0 Å². The first-order valence-electron chi connectivity index (χ1n) is 8.17. The minimum atomic E-state index is -0.443. The normalized spacial score (nSPS) is 10.3. The van der Waals surface area contributed by atoms with E-state index in [1.807, 2.05) is 5.38 Å². The lowest BCUT2D eigenvalue weighted by Gasteiger charge is -2.12. The van der Waals surface area contributed by atoms with Crippen molar-refractivity contribution < 1.29 is 19.1 Å². The van der Waals surface area contributed by atoms with E-state index in [9.17, 15) is 9.59 Å². The predicted molar refractivity (Wildman–Crippen MR) is 103 cm³/mol. The molecule has 0 saturated carbocycles. The number of esters is 1. The molecule has 138 valence electrons. The third-order valence-electron chi connectivity index (χ3n) is 3.95. The number of amides is 1. The van der Waals surface area contributed by atoms with Gasteiger partial charge in [-0.25, -0.2) is 9.78 Å². The van der Waals surface area contributed by atoms with Crippen LogP contribution >= 0.6 is 11.3 Å². The molecule has 1 aromatic heterocycles. The van der Waals surface area contributed by atoms with Gasteiger partial charge in [0, 0.05) is 16.6 Å². The zero-order valence-electron chi connectivity index (χ0n) is 14.9. The van der Waals surface area contributed by atoms with Gasteiger partial charge in [0.25, 0.3) is 5.91 Å². The van der Waals surface area contributed by atoms with Gasteiger partial charge in [0.2, 0.25) is 0 Å². The summed E-state index contributed by atoms with van der Waals surface area (Å²) < 4.78 is 10.4. The van der Waals surface area contributed by atoms with Crippen LogP contribution < -0.4 is 10.1 Å². The first kappa shape index (κ1) is 18.6. The van der Waals surface area contributed by atoms with Crippen molar-refractivity contribution >= 4 is 28.9 Å². The summed E-state index contributed by atoms with van der Waals surface area (Å²) in [7, 11) is 1.32. The van der Waals surface area contributed by atoms with Crippen LogP contribution in [0.5, 0.6) is 5.75 Å². The molecule has 3 aromatic rings. The van der Waals surface area contributed by atoms with Crippen LogP contribution in [0.25, 0.3) is 0 Å². The van der Waals surface area contributed by atoms with Gasteiger partial charge in [-0.15, -0.1) is 11.3 Å². The summed E-state index contributed by atoms with van der Waals surface area (Å²) in [5.74, 6) is -0.157. The smallest absolute Gasteiger partial charge is 0.338 e. The molecule has 7 heteroatoms. The summed E-state index contributed by atoms with van der Waals surface area (Å²) in [6.45, 7) is 2.10. The fraction of sp³-hybridized carbons (Fsp3) is 0.150. The number of carbonyl (C=O) groups excluding carboxylic acids is 2. The minimum absolute atomic E-state index is 0.292. The Labute approximate surface area is 160 Å². The number of rotatable bonds is 6. The monoisotopic (exact) mass is 382 g/mol. The number of hydrogen-bond donors (Lipinski definition) is 1. The summed E-state index contributed by atoms with van der Waals surface area (Å²) in [5, 5.41) is 4.74. The second kappa shape index (κ2) is 8.46. The van der Waals surface area contributed by atoms with Crippen LogP contribution in [0.1, 0.15) is 32.0 Å². The highest BCUT2D eigenvalue weighted by molar-refractivity contribution is 7.07. The van der Waals surface area contributed by atoms with Crippen molar-refractivity contribution in [1.29, 1.82) is 0 Å². The molecule has 2 aromatic carbocycles. The van der Waals surface area contributed by atoms with Gasteiger partial charge in [-0.3, -0.25) is 4.79 Å². The van der Waals surface area contributed by atoms with E-state index in [1.165, 1.54) is 18.4 Å². The standard InChI is InChI=1S/C20H18N2O4S/c1-13-17(20(24)25-2)7-4-8-18(13)22-19(23)14-5-3-6-16(9-14)26-10-15-11-27-12-21-15/h3-9,11-12H,10H2,1-2H3,(H,22,23). The van der Waals surface area contributed by atoms with Crippen molar-refractivity contribution in [2.75, 3.05) is 12.4 Å². The zero-order chi connectivity index (χ0) is 19.2. The number of benzene rings is 2. The van der Waals surface area contributed by atoms with Gasteiger partial charge in [0.15, 0.2) is 0 Å². The summed E-state index contributed by atoms with van der Waals surface area (Å²) >= 11 is 1.50. The van der Waals surface area contributed by atoms with Crippen molar-refractivity contribution in [1.82, 2.24) is 4.98 Å². The Morgan fingerprint density at radius 3 is 2.74 bits per heavy atom. The van der Waals surface area contributed by atoms with Crippen LogP contribution in [0.4, 0.5) is 5.69 Å². The molecule has 1 N–H and O–H groups in total. The average molecular weight is 382 g/mol. The predicted octanol–water partition coefficient (Wildman–Crippen LogP) is 4.07. The second-order valence-electron chi connectivity index (χ2n) is 5.72. The van der Waals surface area contributed by atoms with E-state index >= 15 is 0 Å². The highest BCUT2D eigenvalue weighted by Crippen LogP contribution is 2.22. The van der Waals surface area contributed by atoms with Crippen molar-refractivity contribution in [3.8, 4) is 5.75 Å². The van der Waals surface area contributed by atoms with E-state index in [-0.39, 0.29) is 5.91 Å². The summed E-state index contributed by atoms with van der Waals surface area (Å²) in [4.78, 5) is 28.6. The molecule has 0 spiro atoms. The Hall–Kier alpha value is -3.19. The Balaban J connectivity index is 1.73. The van der Waals surface area contributed by atoms with Crippen molar-refractivity contribution in [2.24, 2.45) is 0 Å². The van der Waals surface area contributed by atoms with Crippen LogP contribution in [-0.4, -0.2) is 24.0 Å². The lowest BCUT2D eigenvalue weighted by atomic mass is 10.1. The Morgan fingerprint density at radius 1 is 1.19 bits per heavy atom. The molecule has 0 aliphatic rings. The molecule has 0 bridgehead atoms. The Kier molecular flexibility index (Phi) is 5.83. The molecule has 0 atom stereocenters. The molecule has 0 unspecified atom stereocenters. The summed E-state index contributed by atoms with van der Waals surface area (Å²) in [5.41, 5.74) is 4.65. The number of aromatic nitrogens is 1. The summed E-state index contributed by atoms with van der Waals surface area (Å²) in [6.07, 6.45) is 0. The number of nitrogens with one attached hydrogen (secondary N) is 1. The molecule has 27 heavy (non-hydrogen) atoms. The van der Waals surface area contributed by atoms with Crippen LogP contribution in [-0.2, 0) is 11.3 Å². The van der Waals surface area contributed by atoms with E-state index in [0.29, 0.717) is 34.7 Å². The lowest BCUT2D eigenvalue weighted by Crippen LogP contribution is -2.14. The first-order valence-corrected chi connectivity index (χ1v) is 9.12. The van der Waals surface area contributed by atoms with Gasteiger partial charge in [0.05, 0.1) is 23.9 Å². The molecule has 0 aliphatic heterocycles. The van der Waals surface area contributed by atoms with E-state index in [4.69, 9.17) is 9.47 Å². The second-order valence-corrected chi connectivity index (χ2v) is 6.44. The largest absolute Gasteiger partial charge is 0.487 e. The van der Waals surface area contributed by atoms with E-state index in [1.54, 1.807) is 54.9 Å². The highest BCUT2D eigenvalue weighted by atomic mass is 32.1.